The molecule has 2 heterocycles. The topological polar surface area (TPSA) is 29.0 Å². The molecule has 0 amide bonds. The Labute approximate surface area is 115 Å². The van der Waals surface area contributed by atoms with E-state index in [0.717, 1.165) is 16.6 Å². The van der Waals surface area contributed by atoms with Gasteiger partial charge in [0.25, 0.3) is 5.92 Å². The molecule has 0 unspecified atom stereocenters. The summed E-state index contributed by atoms with van der Waals surface area (Å²) in [5.41, 5.74) is 1.56. The van der Waals surface area contributed by atoms with E-state index < -0.39 is 5.92 Å². The van der Waals surface area contributed by atoms with Gasteiger partial charge in [0.15, 0.2) is 0 Å². The predicted molar refractivity (Wildman–Crippen MR) is 73.3 cm³/mol. The number of fused-ring (bicyclic) bond motifs is 1. The molecule has 0 spiro atoms. The average Bonchev–Trinajstić information content (AvgIpc) is 2.69. The summed E-state index contributed by atoms with van der Waals surface area (Å²) in [6.45, 7) is 1.94. The van der Waals surface area contributed by atoms with Gasteiger partial charge in [0, 0.05) is 24.0 Å². The Hall–Kier alpha value is -1.43. The van der Waals surface area contributed by atoms with Crippen LogP contribution >= 0.6 is 12.6 Å². The van der Waals surface area contributed by atoms with Gasteiger partial charge in [-0.25, -0.2) is 18.7 Å². The number of halogens is 2. The lowest BCUT2D eigenvalue weighted by atomic mass is 10.2. The first kappa shape index (κ1) is 12.6. The van der Waals surface area contributed by atoms with Crippen molar-refractivity contribution in [3.63, 3.8) is 0 Å². The van der Waals surface area contributed by atoms with Gasteiger partial charge in [-0.2, -0.15) is 0 Å². The molecular weight excluding hydrogens is 268 g/mol. The molecular formula is C13H13F2N3S. The zero-order valence-corrected chi connectivity index (χ0v) is 11.3. The highest BCUT2D eigenvalue weighted by atomic mass is 32.1. The number of aryl methyl sites for hydroxylation is 1. The number of hydrogen-bond acceptors (Lipinski definition) is 4. The second-order valence-electron chi connectivity index (χ2n) is 4.82. The van der Waals surface area contributed by atoms with E-state index in [4.69, 9.17) is 0 Å². The summed E-state index contributed by atoms with van der Waals surface area (Å²) in [7, 11) is 0. The lowest BCUT2D eigenvalue weighted by Gasteiger charge is -2.18. The lowest BCUT2D eigenvalue weighted by Crippen LogP contribution is -2.24. The van der Waals surface area contributed by atoms with E-state index in [9.17, 15) is 8.78 Å². The molecule has 0 N–H and O–H groups in total. The Morgan fingerprint density at radius 1 is 1.32 bits per heavy atom. The Morgan fingerprint density at radius 3 is 2.79 bits per heavy atom. The summed E-state index contributed by atoms with van der Waals surface area (Å²) in [5.74, 6) is -1.94. The van der Waals surface area contributed by atoms with Crippen LogP contribution in [0.15, 0.2) is 23.2 Å². The van der Waals surface area contributed by atoms with Crippen molar-refractivity contribution < 1.29 is 8.78 Å². The molecule has 19 heavy (non-hydrogen) atoms. The molecule has 0 bridgehead atoms. The van der Waals surface area contributed by atoms with Gasteiger partial charge >= 0.3 is 0 Å². The van der Waals surface area contributed by atoms with Crippen LogP contribution in [0.3, 0.4) is 0 Å². The van der Waals surface area contributed by atoms with E-state index in [1.54, 1.807) is 11.8 Å². The van der Waals surface area contributed by atoms with Crippen molar-refractivity contribution in [1.29, 1.82) is 0 Å². The quantitative estimate of drug-likeness (QED) is 0.643. The van der Waals surface area contributed by atoms with Gasteiger partial charge in [0.1, 0.15) is 10.9 Å². The zero-order valence-electron chi connectivity index (χ0n) is 10.4. The van der Waals surface area contributed by atoms with Gasteiger partial charge in [-0.15, -0.1) is 12.6 Å². The maximum atomic E-state index is 13.2. The molecule has 1 saturated heterocycles. The summed E-state index contributed by atoms with van der Waals surface area (Å²) < 4.78 is 26.5. The standard InChI is InChI=1S/C13H13F2N3S/c1-8-16-11-3-2-9(6-10(11)12(19)17-8)18-5-4-13(14,15)7-18/h2-3,6H,4-5,7H2,1H3,(H,16,17,19). The number of benzene rings is 1. The van der Waals surface area contributed by atoms with E-state index in [1.165, 1.54) is 0 Å². The number of aromatic nitrogens is 2. The number of anilines is 1. The Balaban J connectivity index is 2.03. The SMILES string of the molecule is Cc1nc(S)c2cc(N3CCC(F)(F)C3)ccc2n1. The third kappa shape index (κ3) is 2.36. The highest BCUT2D eigenvalue weighted by Crippen LogP contribution is 2.32. The van der Waals surface area contributed by atoms with E-state index in [-0.39, 0.29) is 13.0 Å². The van der Waals surface area contributed by atoms with Crippen molar-refractivity contribution in [1.82, 2.24) is 9.97 Å². The molecule has 1 aromatic carbocycles. The minimum Gasteiger partial charge on any atom is -0.365 e. The number of alkyl halides is 2. The first-order chi connectivity index (χ1) is 8.94. The van der Waals surface area contributed by atoms with Gasteiger partial charge < -0.3 is 4.90 Å². The van der Waals surface area contributed by atoms with Crippen LogP contribution in [0.25, 0.3) is 10.9 Å². The minimum absolute atomic E-state index is 0.0941. The maximum Gasteiger partial charge on any atom is 0.266 e. The van der Waals surface area contributed by atoms with Crippen LogP contribution < -0.4 is 4.90 Å². The molecule has 1 aliphatic rings. The third-order valence-electron chi connectivity index (χ3n) is 3.31. The van der Waals surface area contributed by atoms with Gasteiger partial charge in [0.05, 0.1) is 12.1 Å². The Kier molecular flexibility index (Phi) is 2.85. The minimum atomic E-state index is -2.59. The van der Waals surface area contributed by atoms with E-state index in [0.29, 0.717) is 17.4 Å². The zero-order chi connectivity index (χ0) is 13.6. The average molecular weight is 281 g/mol. The van der Waals surface area contributed by atoms with Gasteiger partial charge in [-0.3, -0.25) is 0 Å². The van der Waals surface area contributed by atoms with E-state index >= 15 is 0 Å². The van der Waals surface area contributed by atoms with Crippen molar-refractivity contribution in [2.24, 2.45) is 0 Å². The first-order valence-electron chi connectivity index (χ1n) is 6.05. The number of rotatable bonds is 1. The Bertz CT molecular complexity index is 645. The van der Waals surface area contributed by atoms with Gasteiger partial charge in [0.2, 0.25) is 0 Å². The van der Waals surface area contributed by atoms with Crippen molar-refractivity contribution in [3.8, 4) is 0 Å². The van der Waals surface area contributed by atoms with Crippen molar-refractivity contribution in [3.05, 3.63) is 24.0 Å². The fraction of sp³-hybridized carbons (Fsp3) is 0.385. The van der Waals surface area contributed by atoms with Gasteiger partial charge in [-0.05, 0) is 25.1 Å². The molecule has 6 heteroatoms. The molecule has 0 atom stereocenters. The molecule has 3 nitrogen and oxygen atoms in total. The summed E-state index contributed by atoms with van der Waals surface area (Å²) in [4.78, 5) is 10.2. The highest BCUT2D eigenvalue weighted by molar-refractivity contribution is 7.80. The molecule has 0 radical (unpaired) electrons. The van der Waals surface area contributed by atoms with E-state index in [2.05, 4.69) is 22.6 Å². The Morgan fingerprint density at radius 2 is 2.11 bits per heavy atom. The summed E-state index contributed by atoms with van der Waals surface area (Å²) in [6, 6.07) is 5.48. The number of thiol groups is 1. The smallest absolute Gasteiger partial charge is 0.266 e. The monoisotopic (exact) mass is 281 g/mol. The second kappa shape index (κ2) is 4.30. The largest absolute Gasteiger partial charge is 0.365 e. The molecule has 1 aliphatic heterocycles. The second-order valence-corrected chi connectivity index (χ2v) is 5.25. The van der Waals surface area contributed by atoms with Crippen LogP contribution in [0.1, 0.15) is 12.2 Å². The predicted octanol–water partition coefficient (Wildman–Crippen LogP) is 3.07. The molecule has 2 aromatic rings. The number of nitrogens with zero attached hydrogens (tertiary/aromatic N) is 3. The highest BCUT2D eigenvalue weighted by Gasteiger charge is 2.38. The molecule has 0 aliphatic carbocycles. The van der Waals surface area contributed by atoms with Crippen LogP contribution in [0.4, 0.5) is 14.5 Å². The summed E-state index contributed by atoms with van der Waals surface area (Å²) >= 11 is 4.33. The van der Waals surface area contributed by atoms with Crippen LogP contribution in [0.5, 0.6) is 0 Å². The normalized spacial score (nSPS) is 18.2. The fourth-order valence-electron chi connectivity index (χ4n) is 2.37. The van der Waals surface area contributed by atoms with Gasteiger partial charge in [-0.1, -0.05) is 0 Å². The van der Waals surface area contributed by atoms with Crippen LogP contribution in [0, 0.1) is 6.92 Å². The van der Waals surface area contributed by atoms with E-state index in [1.807, 2.05) is 18.2 Å². The lowest BCUT2D eigenvalue weighted by molar-refractivity contribution is 0.0257. The number of hydrogen-bond donors (Lipinski definition) is 1. The molecule has 0 saturated carbocycles. The third-order valence-corrected chi connectivity index (χ3v) is 3.65. The molecule has 1 aromatic heterocycles. The maximum absolute atomic E-state index is 13.2. The fourth-order valence-corrected chi connectivity index (χ4v) is 2.69. The summed E-state index contributed by atoms with van der Waals surface area (Å²) in [5, 5.41) is 1.37. The van der Waals surface area contributed by atoms with Crippen LogP contribution in [0.2, 0.25) is 0 Å². The molecule has 1 fully saturated rings. The van der Waals surface area contributed by atoms with Crippen molar-refractivity contribution in [2.75, 3.05) is 18.0 Å². The first-order valence-corrected chi connectivity index (χ1v) is 6.49. The molecule has 3 rings (SSSR count). The van der Waals surface area contributed by atoms with Crippen molar-refractivity contribution in [2.45, 2.75) is 24.3 Å². The van der Waals surface area contributed by atoms with Crippen LogP contribution in [-0.4, -0.2) is 29.0 Å². The molecule has 100 valence electrons. The summed E-state index contributed by atoms with van der Waals surface area (Å²) in [6.07, 6.45) is -0.0941. The van der Waals surface area contributed by atoms with Crippen LogP contribution in [-0.2, 0) is 0 Å². The van der Waals surface area contributed by atoms with Crippen molar-refractivity contribution >= 4 is 29.2 Å².